The van der Waals surface area contributed by atoms with E-state index in [-0.39, 0.29) is 5.76 Å². The van der Waals surface area contributed by atoms with E-state index in [1.165, 1.54) is 19.1 Å². The maximum atomic E-state index is 11.9. The largest absolute Gasteiger partial charge is 0.490 e. The number of methoxy groups -OCH3 is 1. The van der Waals surface area contributed by atoms with Crippen molar-refractivity contribution in [2.45, 2.75) is 46.0 Å². The van der Waals surface area contributed by atoms with E-state index in [4.69, 9.17) is 9.47 Å². The van der Waals surface area contributed by atoms with Gasteiger partial charge < -0.3 is 9.47 Å². The first kappa shape index (κ1) is 17.3. The molecule has 0 unspecified atom stereocenters. The maximum absolute atomic E-state index is 11.9. The molecule has 0 aromatic heterocycles. The van der Waals surface area contributed by atoms with Crippen LogP contribution in [-0.4, -0.2) is 19.7 Å². The molecule has 0 aromatic carbocycles. The van der Waals surface area contributed by atoms with Crippen LogP contribution >= 0.6 is 0 Å². The number of allylic oxidation sites excluding steroid dienone is 6. The van der Waals surface area contributed by atoms with Crippen molar-refractivity contribution in [2.75, 3.05) is 13.7 Å². The van der Waals surface area contributed by atoms with E-state index in [0.717, 1.165) is 24.8 Å². The Morgan fingerprint density at radius 3 is 2.76 bits per heavy atom. The Balaban J connectivity index is 2.75. The second-order valence-corrected chi connectivity index (χ2v) is 5.27. The van der Waals surface area contributed by atoms with Gasteiger partial charge in [0.1, 0.15) is 0 Å². The monoisotopic (exact) mass is 290 g/mol. The summed E-state index contributed by atoms with van der Waals surface area (Å²) in [6, 6.07) is 0. The second kappa shape index (κ2) is 10.0. The molecule has 0 spiro atoms. The summed E-state index contributed by atoms with van der Waals surface area (Å²) in [6.07, 6.45) is 15.2. The number of carbonyl (C=O) groups is 1. The molecule has 1 heterocycles. The predicted octanol–water partition coefficient (Wildman–Crippen LogP) is 4.47. The lowest BCUT2D eigenvalue weighted by Crippen LogP contribution is -2.10. The average molecular weight is 290 g/mol. The van der Waals surface area contributed by atoms with Gasteiger partial charge >= 0.3 is 5.97 Å². The van der Waals surface area contributed by atoms with Gasteiger partial charge in [-0.3, -0.25) is 0 Å². The van der Waals surface area contributed by atoms with Crippen LogP contribution in [0.1, 0.15) is 46.0 Å². The molecule has 0 radical (unpaired) electrons. The van der Waals surface area contributed by atoms with Crippen LogP contribution in [0.5, 0.6) is 0 Å². The van der Waals surface area contributed by atoms with Gasteiger partial charge in [0.05, 0.1) is 13.7 Å². The highest BCUT2D eigenvalue weighted by atomic mass is 16.6. The van der Waals surface area contributed by atoms with Crippen molar-refractivity contribution < 1.29 is 14.3 Å². The van der Waals surface area contributed by atoms with Gasteiger partial charge in [-0.15, -0.1) is 0 Å². The highest BCUT2D eigenvalue weighted by Crippen LogP contribution is 2.12. The fraction of sp³-hybridized carbons (Fsp3) is 0.500. The molecule has 1 aliphatic rings. The molecule has 0 aromatic rings. The second-order valence-electron chi connectivity index (χ2n) is 5.27. The minimum atomic E-state index is -0.405. The molecule has 0 aliphatic carbocycles. The van der Waals surface area contributed by atoms with Crippen LogP contribution in [0.2, 0.25) is 0 Å². The first-order valence-electron chi connectivity index (χ1n) is 7.55. The standard InChI is InChI=1S/C18H26O3/c1-15-10-6-4-7-12-16(2)14-17(20-3)18(19)21-13-9-5-8-11-15/h5,8,11-12,14H,4,6-7,9-10,13H2,1-3H3/b8-5+,15-11+,16-12+,17-14+. The lowest BCUT2D eigenvalue weighted by molar-refractivity contribution is -0.142. The fourth-order valence-corrected chi connectivity index (χ4v) is 2.05. The first-order chi connectivity index (χ1) is 10.1. The van der Waals surface area contributed by atoms with Crippen LogP contribution in [0.25, 0.3) is 0 Å². The van der Waals surface area contributed by atoms with Gasteiger partial charge in [0.25, 0.3) is 0 Å². The van der Waals surface area contributed by atoms with Gasteiger partial charge in [-0.05, 0) is 52.0 Å². The number of hydrogen-bond acceptors (Lipinski definition) is 3. The van der Waals surface area contributed by atoms with Crippen LogP contribution in [0, 0.1) is 0 Å². The summed E-state index contributed by atoms with van der Waals surface area (Å²) in [5.41, 5.74) is 2.42. The summed E-state index contributed by atoms with van der Waals surface area (Å²) in [4.78, 5) is 11.9. The van der Waals surface area contributed by atoms with Gasteiger partial charge in [0.15, 0.2) is 0 Å². The molecule has 3 nitrogen and oxygen atoms in total. The van der Waals surface area contributed by atoms with E-state index in [1.807, 2.05) is 19.1 Å². The van der Waals surface area contributed by atoms with E-state index in [9.17, 15) is 4.79 Å². The molecule has 0 N–H and O–H groups in total. The van der Waals surface area contributed by atoms with Crippen molar-refractivity contribution in [2.24, 2.45) is 0 Å². The third-order valence-electron chi connectivity index (χ3n) is 3.31. The zero-order valence-electron chi connectivity index (χ0n) is 13.4. The van der Waals surface area contributed by atoms with E-state index >= 15 is 0 Å². The summed E-state index contributed by atoms with van der Waals surface area (Å²) in [5, 5.41) is 0. The minimum Gasteiger partial charge on any atom is -0.490 e. The molecule has 116 valence electrons. The normalized spacial score (nSPS) is 28.1. The molecule has 0 saturated carbocycles. The van der Waals surface area contributed by atoms with Crippen molar-refractivity contribution in [3.05, 3.63) is 47.3 Å². The highest BCUT2D eigenvalue weighted by Gasteiger charge is 2.10. The Morgan fingerprint density at radius 2 is 2.00 bits per heavy atom. The Morgan fingerprint density at radius 1 is 1.19 bits per heavy atom. The quantitative estimate of drug-likeness (QED) is 0.668. The van der Waals surface area contributed by atoms with E-state index in [2.05, 4.69) is 19.1 Å². The molecule has 1 aliphatic heterocycles. The lowest BCUT2D eigenvalue weighted by Gasteiger charge is -2.07. The SMILES string of the molecule is CO/C1=C/C(C)=C/CCCC/C(C)=C/C=C/CCOC1=O. The molecular formula is C18H26O3. The summed E-state index contributed by atoms with van der Waals surface area (Å²) in [7, 11) is 1.49. The molecule has 1 rings (SSSR count). The lowest BCUT2D eigenvalue weighted by atomic mass is 10.1. The number of carbonyl (C=O) groups excluding carboxylic acids is 1. The van der Waals surface area contributed by atoms with Gasteiger partial charge in [-0.2, -0.15) is 0 Å². The van der Waals surface area contributed by atoms with Crippen molar-refractivity contribution in [3.63, 3.8) is 0 Å². The molecule has 0 atom stereocenters. The Hall–Kier alpha value is -1.77. The smallest absolute Gasteiger partial charge is 0.373 e. The predicted molar refractivity (Wildman–Crippen MR) is 85.8 cm³/mol. The van der Waals surface area contributed by atoms with Crippen molar-refractivity contribution in [1.82, 2.24) is 0 Å². The summed E-state index contributed by atoms with van der Waals surface area (Å²) >= 11 is 0. The summed E-state index contributed by atoms with van der Waals surface area (Å²) in [6.45, 7) is 4.50. The summed E-state index contributed by atoms with van der Waals surface area (Å²) in [5.74, 6) is -0.145. The maximum Gasteiger partial charge on any atom is 0.373 e. The van der Waals surface area contributed by atoms with E-state index < -0.39 is 5.97 Å². The molecule has 0 fully saturated rings. The summed E-state index contributed by atoms with van der Waals surface area (Å²) < 4.78 is 10.3. The van der Waals surface area contributed by atoms with E-state index in [1.54, 1.807) is 6.08 Å². The molecule has 21 heavy (non-hydrogen) atoms. The van der Waals surface area contributed by atoms with Gasteiger partial charge in [0.2, 0.25) is 5.76 Å². The third-order valence-corrected chi connectivity index (χ3v) is 3.31. The molecular weight excluding hydrogens is 264 g/mol. The van der Waals surface area contributed by atoms with Gasteiger partial charge in [-0.25, -0.2) is 4.79 Å². The van der Waals surface area contributed by atoms with E-state index in [0.29, 0.717) is 13.0 Å². The number of rotatable bonds is 1. The van der Waals surface area contributed by atoms with Gasteiger partial charge in [0, 0.05) is 0 Å². The topological polar surface area (TPSA) is 35.5 Å². The van der Waals surface area contributed by atoms with Gasteiger partial charge in [-0.1, -0.05) is 35.5 Å². The van der Waals surface area contributed by atoms with Crippen molar-refractivity contribution in [1.29, 1.82) is 0 Å². The van der Waals surface area contributed by atoms with Crippen molar-refractivity contribution >= 4 is 5.97 Å². The number of cyclic esters (lactones) is 1. The zero-order valence-corrected chi connectivity index (χ0v) is 13.4. The van der Waals surface area contributed by atoms with Crippen LogP contribution < -0.4 is 0 Å². The zero-order chi connectivity index (χ0) is 15.5. The number of ether oxygens (including phenoxy) is 2. The van der Waals surface area contributed by atoms with Crippen LogP contribution in [0.3, 0.4) is 0 Å². The molecule has 0 saturated heterocycles. The van der Waals surface area contributed by atoms with Crippen LogP contribution in [0.15, 0.2) is 47.3 Å². The number of esters is 1. The number of hydrogen-bond donors (Lipinski definition) is 0. The third kappa shape index (κ3) is 7.54. The van der Waals surface area contributed by atoms with Crippen LogP contribution in [0.4, 0.5) is 0 Å². The first-order valence-corrected chi connectivity index (χ1v) is 7.55. The average Bonchev–Trinajstić information content (AvgIpc) is 2.46. The molecule has 3 heteroatoms. The van der Waals surface area contributed by atoms with Crippen LogP contribution in [-0.2, 0) is 14.3 Å². The highest BCUT2D eigenvalue weighted by molar-refractivity contribution is 5.86. The minimum absolute atomic E-state index is 0.260. The fourth-order valence-electron chi connectivity index (χ4n) is 2.05. The molecule has 0 amide bonds. The van der Waals surface area contributed by atoms with Crippen molar-refractivity contribution in [3.8, 4) is 0 Å². The Bertz CT molecular complexity index is 453. The molecule has 0 bridgehead atoms. The Labute approximate surface area is 128 Å². The Kier molecular flexibility index (Phi) is 8.25.